The van der Waals surface area contributed by atoms with E-state index in [2.05, 4.69) is 24.5 Å². The molecule has 1 saturated carbocycles. The van der Waals surface area contributed by atoms with Crippen LogP contribution in [0.1, 0.15) is 19.3 Å². The molecule has 0 radical (unpaired) electrons. The highest BCUT2D eigenvalue weighted by atomic mass is 32.2. The van der Waals surface area contributed by atoms with Gasteiger partial charge in [0.1, 0.15) is 0 Å². The number of methoxy groups -OCH3 is 1. The molecule has 1 fully saturated rings. The zero-order valence-electron chi connectivity index (χ0n) is 20.0. The Morgan fingerprint density at radius 1 is 1.30 bits per heavy atom. The van der Waals surface area contributed by atoms with Gasteiger partial charge in [0, 0.05) is 48.8 Å². The van der Waals surface area contributed by atoms with E-state index in [9.17, 15) is 13.2 Å². The van der Waals surface area contributed by atoms with Crippen molar-refractivity contribution in [2.45, 2.75) is 30.2 Å². The quantitative estimate of drug-likeness (QED) is 0.336. The van der Waals surface area contributed by atoms with Gasteiger partial charge in [-0.2, -0.15) is 4.98 Å². The molecule has 0 bridgehead atoms. The van der Waals surface area contributed by atoms with E-state index in [-0.39, 0.29) is 34.4 Å². The van der Waals surface area contributed by atoms with Gasteiger partial charge in [0.2, 0.25) is 16.7 Å². The number of ether oxygens (including phenoxy) is 1. The molecule has 3 aromatic heterocycles. The van der Waals surface area contributed by atoms with E-state index in [1.165, 1.54) is 31.6 Å². The molecule has 1 aliphatic rings. The first-order chi connectivity index (χ1) is 17.8. The predicted octanol–water partition coefficient (Wildman–Crippen LogP) is 3.93. The van der Waals surface area contributed by atoms with Crippen molar-refractivity contribution in [3.63, 3.8) is 0 Å². The fraction of sp³-hybridized carbons (Fsp3) is 0.292. The van der Waals surface area contributed by atoms with Gasteiger partial charge < -0.3 is 15.0 Å². The summed E-state index contributed by atoms with van der Waals surface area (Å²) in [4.78, 5) is 26.6. The Balaban J connectivity index is 1.33. The highest BCUT2D eigenvalue weighted by molar-refractivity contribution is 7.90. The molecule has 1 aliphatic carbocycles. The molecule has 0 spiro atoms. The number of anilines is 2. The average molecular weight is 538 g/mol. The molecule has 190 valence electrons. The lowest BCUT2D eigenvalue weighted by Crippen LogP contribution is -2.43. The summed E-state index contributed by atoms with van der Waals surface area (Å²) >= 11 is 1.06. The lowest BCUT2D eigenvalue weighted by molar-refractivity contribution is -0.117. The number of hydrogen-bond acceptors (Lipinski definition) is 9. The Morgan fingerprint density at radius 2 is 2.05 bits per heavy atom. The Bertz CT molecular complexity index is 1600. The third-order valence-corrected chi connectivity index (χ3v) is 8.77. The van der Waals surface area contributed by atoms with Gasteiger partial charge in [-0.1, -0.05) is 18.2 Å². The normalized spacial score (nSPS) is 17.1. The van der Waals surface area contributed by atoms with Crippen molar-refractivity contribution in [2.24, 2.45) is 5.92 Å². The molecule has 11 nitrogen and oxygen atoms in total. The second-order valence-electron chi connectivity index (χ2n) is 8.71. The van der Waals surface area contributed by atoms with Crippen LogP contribution < -0.4 is 15.0 Å². The molecular formula is C24H23N7O4S2. The number of rotatable bonds is 8. The first-order valence-corrected chi connectivity index (χ1v) is 13.6. The fourth-order valence-corrected chi connectivity index (χ4v) is 6.41. The van der Waals surface area contributed by atoms with Gasteiger partial charge in [0.05, 0.1) is 24.3 Å². The van der Waals surface area contributed by atoms with Crippen LogP contribution in [0.4, 0.5) is 16.5 Å². The maximum Gasteiger partial charge on any atom is 0.329 e. The van der Waals surface area contributed by atoms with Gasteiger partial charge >= 0.3 is 6.01 Å². The molecule has 1 N–H and O–H groups in total. The van der Waals surface area contributed by atoms with Crippen LogP contribution >= 0.6 is 11.5 Å². The number of hydrogen-bond donors (Lipinski definition) is 1. The molecule has 0 atom stereocenters. The number of benzene rings is 1. The van der Waals surface area contributed by atoms with Gasteiger partial charge in [-0.3, -0.25) is 4.79 Å². The molecule has 37 heavy (non-hydrogen) atoms. The van der Waals surface area contributed by atoms with E-state index in [4.69, 9.17) is 11.3 Å². The van der Waals surface area contributed by atoms with Crippen molar-refractivity contribution >= 4 is 55.0 Å². The maximum atomic E-state index is 13.2. The Labute approximate surface area is 217 Å². The van der Waals surface area contributed by atoms with E-state index < -0.39 is 10.0 Å². The molecule has 13 heteroatoms. The van der Waals surface area contributed by atoms with Crippen LogP contribution in [0, 0.1) is 12.5 Å². The summed E-state index contributed by atoms with van der Waals surface area (Å²) in [6.45, 7) is 7.65. The van der Waals surface area contributed by atoms with E-state index >= 15 is 0 Å². The Kier molecular flexibility index (Phi) is 6.53. The fourth-order valence-electron chi connectivity index (χ4n) is 4.53. The van der Waals surface area contributed by atoms with Crippen molar-refractivity contribution < 1.29 is 17.9 Å². The molecule has 1 amide bonds. The van der Waals surface area contributed by atoms with E-state index in [0.717, 1.165) is 28.3 Å². The number of amides is 1. The summed E-state index contributed by atoms with van der Waals surface area (Å²) in [5.41, 5.74) is 1.24. The minimum atomic E-state index is -3.85. The summed E-state index contributed by atoms with van der Waals surface area (Å²) in [6.07, 6.45) is 4.75. The molecule has 1 aromatic carbocycles. The van der Waals surface area contributed by atoms with E-state index in [1.54, 1.807) is 24.3 Å². The number of aromatic nitrogens is 4. The zero-order chi connectivity index (χ0) is 26.2. The van der Waals surface area contributed by atoms with Crippen LogP contribution in [-0.2, 0) is 14.8 Å². The van der Waals surface area contributed by atoms with Crippen molar-refractivity contribution in [3.05, 3.63) is 60.2 Å². The largest absolute Gasteiger partial charge is 0.466 e. The summed E-state index contributed by atoms with van der Waals surface area (Å²) < 4.78 is 36.5. The van der Waals surface area contributed by atoms with Crippen molar-refractivity contribution in [1.29, 1.82) is 0 Å². The third kappa shape index (κ3) is 4.61. The second kappa shape index (κ2) is 9.79. The number of nitrogens with zero attached hydrogens (tertiary/aromatic N) is 6. The summed E-state index contributed by atoms with van der Waals surface area (Å²) in [5.74, 6) is 0.0419. The SMILES string of the molecule is [C-]#[N+]c1cnc2c(ccn2S(=O)(=O)c2ccccc2)c1N(C)C1CC(CC(=O)Nc2nc(OC)ns2)C1. The second-order valence-corrected chi connectivity index (χ2v) is 11.3. The molecule has 0 aliphatic heterocycles. The van der Waals surface area contributed by atoms with Gasteiger partial charge in [-0.25, -0.2) is 22.2 Å². The number of carbonyl (C=O) groups excluding carboxylic acids is 1. The minimum Gasteiger partial charge on any atom is -0.466 e. The van der Waals surface area contributed by atoms with E-state index in [1.807, 2.05) is 11.9 Å². The van der Waals surface area contributed by atoms with Crippen LogP contribution in [-0.4, -0.2) is 52.8 Å². The van der Waals surface area contributed by atoms with E-state index in [0.29, 0.717) is 28.3 Å². The third-order valence-electron chi connectivity index (χ3n) is 6.48. The summed E-state index contributed by atoms with van der Waals surface area (Å²) in [6, 6.07) is 10.2. The molecule has 0 unspecified atom stereocenters. The predicted molar refractivity (Wildman–Crippen MR) is 140 cm³/mol. The van der Waals surface area contributed by atoms with Crippen molar-refractivity contribution in [2.75, 3.05) is 24.4 Å². The lowest BCUT2D eigenvalue weighted by atomic mass is 9.77. The average Bonchev–Trinajstić information content (AvgIpc) is 3.52. The Hall–Kier alpha value is -4.02. The van der Waals surface area contributed by atoms with Crippen LogP contribution in [0.25, 0.3) is 15.9 Å². The molecule has 5 rings (SSSR count). The van der Waals surface area contributed by atoms with Crippen LogP contribution in [0.2, 0.25) is 0 Å². The minimum absolute atomic E-state index is 0.0969. The standard InChI is InChI=1S/C24H23N7O4S2/c1-25-19-14-26-22-18(9-10-31(22)37(33,34)17-7-5-4-6-8-17)21(19)30(2)16-11-15(12-16)13-20(32)27-24-28-23(35-3)29-36-24/h4-10,14-16H,11-13H2,2-3H3,(H,27,28,29,32). The maximum absolute atomic E-state index is 13.2. The number of fused-ring (bicyclic) bond motifs is 1. The first-order valence-electron chi connectivity index (χ1n) is 11.4. The van der Waals surface area contributed by atoms with Crippen LogP contribution in [0.5, 0.6) is 6.01 Å². The zero-order valence-corrected chi connectivity index (χ0v) is 21.7. The van der Waals surface area contributed by atoms with Gasteiger partial charge in [-0.15, -0.1) is 4.37 Å². The lowest BCUT2D eigenvalue weighted by Gasteiger charge is -2.42. The van der Waals surface area contributed by atoms with Gasteiger partial charge in [0.25, 0.3) is 10.0 Å². The number of nitrogens with one attached hydrogen (secondary N) is 1. The van der Waals surface area contributed by atoms with Crippen molar-refractivity contribution in [1.82, 2.24) is 18.3 Å². The topological polar surface area (TPSA) is 124 Å². The monoisotopic (exact) mass is 537 g/mol. The highest BCUT2D eigenvalue weighted by Crippen LogP contribution is 2.42. The molecule has 4 aromatic rings. The van der Waals surface area contributed by atoms with Gasteiger partial charge in [-0.05, 0) is 37.0 Å². The van der Waals surface area contributed by atoms with Crippen LogP contribution in [0.15, 0.2) is 53.7 Å². The molecule has 3 heterocycles. The highest BCUT2D eigenvalue weighted by Gasteiger charge is 2.35. The Morgan fingerprint density at radius 3 is 2.73 bits per heavy atom. The smallest absolute Gasteiger partial charge is 0.329 e. The van der Waals surface area contributed by atoms with Gasteiger partial charge in [0.15, 0.2) is 5.65 Å². The first kappa shape index (κ1) is 24.7. The number of carbonyl (C=O) groups is 1. The summed E-state index contributed by atoms with van der Waals surface area (Å²) in [7, 11) is -0.493. The molecular weight excluding hydrogens is 514 g/mol. The van der Waals surface area contributed by atoms with Crippen LogP contribution in [0.3, 0.4) is 0 Å². The molecule has 0 saturated heterocycles. The number of pyridine rings is 1. The van der Waals surface area contributed by atoms with Crippen molar-refractivity contribution in [3.8, 4) is 6.01 Å². The summed E-state index contributed by atoms with van der Waals surface area (Å²) in [5, 5.41) is 3.73.